The average molecular weight is 204 g/mol. The van der Waals surface area contributed by atoms with Crippen molar-refractivity contribution in [3.8, 4) is 0 Å². The van der Waals surface area contributed by atoms with Crippen molar-refractivity contribution in [2.75, 3.05) is 6.61 Å². The van der Waals surface area contributed by atoms with Gasteiger partial charge in [0.05, 0.1) is 12.2 Å². The molecule has 0 fully saturated rings. The fourth-order valence-electron chi connectivity index (χ4n) is 1.47. The Morgan fingerprint density at radius 1 is 0.857 bits per heavy atom. The Bertz CT molecular complexity index is 117. The van der Waals surface area contributed by atoms with E-state index < -0.39 is 12.2 Å². The zero-order valence-corrected chi connectivity index (χ0v) is 9.15. The molecule has 0 amide bonds. The van der Waals surface area contributed by atoms with E-state index in [1.807, 2.05) is 0 Å². The number of hydrogen-bond donors (Lipinski definition) is 3. The third-order valence-electron chi connectivity index (χ3n) is 2.47. The van der Waals surface area contributed by atoms with Crippen molar-refractivity contribution in [3.05, 3.63) is 0 Å². The third kappa shape index (κ3) is 7.30. The summed E-state index contributed by atoms with van der Waals surface area (Å²) in [6.07, 6.45) is 5.25. The molecule has 14 heavy (non-hydrogen) atoms. The first-order valence-electron chi connectivity index (χ1n) is 5.69. The van der Waals surface area contributed by atoms with Crippen LogP contribution in [0.1, 0.15) is 51.9 Å². The molecular weight excluding hydrogens is 180 g/mol. The standard InChI is InChI=1S/C11H24O3/c1-2-3-4-5-6-7-10(13)11(14)8-9-12/h10-14H,2-9H2,1H3. The maximum absolute atomic E-state index is 9.44. The third-order valence-corrected chi connectivity index (χ3v) is 2.47. The summed E-state index contributed by atoms with van der Waals surface area (Å²) in [7, 11) is 0. The van der Waals surface area contributed by atoms with E-state index in [1.54, 1.807) is 0 Å². The van der Waals surface area contributed by atoms with Crippen molar-refractivity contribution in [1.29, 1.82) is 0 Å². The summed E-state index contributed by atoms with van der Waals surface area (Å²) in [6.45, 7) is 2.11. The number of aliphatic hydroxyl groups excluding tert-OH is 3. The van der Waals surface area contributed by atoms with Gasteiger partial charge in [-0.2, -0.15) is 0 Å². The van der Waals surface area contributed by atoms with Crippen LogP contribution in [0, 0.1) is 0 Å². The highest BCUT2D eigenvalue weighted by Crippen LogP contribution is 2.10. The van der Waals surface area contributed by atoms with Gasteiger partial charge in [-0.1, -0.05) is 39.0 Å². The first kappa shape index (κ1) is 13.9. The van der Waals surface area contributed by atoms with Crippen LogP contribution in [0.5, 0.6) is 0 Å². The van der Waals surface area contributed by atoms with Crippen molar-refractivity contribution < 1.29 is 15.3 Å². The van der Waals surface area contributed by atoms with Gasteiger partial charge >= 0.3 is 0 Å². The van der Waals surface area contributed by atoms with Crippen molar-refractivity contribution >= 4 is 0 Å². The van der Waals surface area contributed by atoms with Crippen LogP contribution in [0.2, 0.25) is 0 Å². The van der Waals surface area contributed by atoms with Gasteiger partial charge in [0.2, 0.25) is 0 Å². The Hall–Kier alpha value is -0.120. The SMILES string of the molecule is CCCCCCCC(O)C(O)CCO. The van der Waals surface area contributed by atoms with Crippen LogP contribution in [0.3, 0.4) is 0 Å². The van der Waals surface area contributed by atoms with Gasteiger partial charge in [0, 0.05) is 6.61 Å². The van der Waals surface area contributed by atoms with Gasteiger partial charge in [-0.25, -0.2) is 0 Å². The van der Waals surface area contributed by atoms with Crippen LogP contribution in [-0.2, 0) is 0 Å². The maximum Gasteiger partial charge on any atom is 0.0820 e. The topological polar surface area (TPSA) is 60.7 Å². The fourth-order valence-corrected chi connectivity index (χ4v) is 1.47. The van der Waals surface area contributed by atoms with Gasteiger partial charge < -0.3 is 15.3 Å². The van der Waals surface area contributed by atoms with Crippen molar-refractivity contribution in [2.24, 2.45) is 0 Å². The van der Waals surface area contributed by atoms with Crippen LogP contribution in [0.4, 0.5) is 0 Å². The van der Waals surface area contributed by atoms with Gasteiger partial charge in [-0.05, 0) is 12.8 Å². The van der Waals surface area contributed by atoms with E-state index in [-0.39, 0.29) is 13.0 Å². The predicted molar refractivity (Wildman–Crippen MR) is 57.1 cm³/mol. The molecule has 0 heterocycles. The van der Waals surface area contributed by atoms with Crippen LogP contribution < -0.4 is 0 Å². The molecular formula is C11H24O3. The van der Waals surface area contributed by atoms with Crippen LogP contribution >= 0.6 is 0 Å². The second-order valence-electron chi connectivity index (χ2n) is 3.85. The Labute approximate surface area is 86.8 Å². The lowest BCUT2D eigenvalue weighted by Gasteiger charge is -2.16. The summed E-state index contributed by atoms with van der Waals surface area (Å²) < 4.78 is 0. The molecule has 0 aliphatic carbocycles. The Kier molecular flexibility index (Phi) is 9.35. The Morgan fingerprint density at radius 3 is 2.00 bits per heavy atom. The van der Waals surface area contributed by atoms with Crippen LogP contribution in [0.25, 0.3) is 0 Å². The minimum absolute atomic E-state index is 0.0614. The van der Waals surface area contributed by atoms with E-state index in [4.69, 9.17) is 5.11 Å². The lowest BCUT2D eigenvalue weighted by Crippen LogP contribution is -2.26. The summed E-state index contributed by atoms with van der Waals surface area (Å²) >= 11 is 0. The van der Waals surface area contributed by atoms with Gasteiger partial charge in [-0.3, -0.25) is 0 Å². The number of rotatable bonds is 9. The van der Waals surface area contributed by atoms with Gasteiger partial charge in [0.1, 0.15) is 0 Å². The molecule has 0 spiro atoms. The summed E-state index contributed by atoms with van der Waals surface area (Å²) in [4.78, 5) is 0. The molecule has 0 saturated carbocycles. The van der Waals surface area contributed by atoms with Gasteiger partial charge in [0.25, 0.3) is 0 Å². The molecule has 0 rings (SSSR count). The second kappa shape index (κ2) is 9.44. The fraction of sp³-hybridized carbons (Fsp3) is 1.00. The van der Waals surface area contributed by atoms with E-state index in [9.17, 15) is 10.2 Å². The van der Waals surface area contributed by atoms with Crippen LogP contribution in [-0.4, -0.2) is 34.1 Å². The molecule has 0 aromatic rings. The smallest absolute Gasteiger partial charge is 0.0820 e. The lowest BCUT2D eigenvalue weighted by atomic mass is 10.0. The minimum atomic E-state index is -0.758. The minimum Gasteiger partial charge on any atom is -0.396 e. The first-order chi connectivity index (χ1) is 6.72. The monoisotopic (exact) mass is 204 g/mol. The van der Waals surface area contributed by atoms with E-state index in [0.29, 0.717) is 6.42 Å². The Balaban J connectivity index is 3.29. The maximum atomic E-state index is 9.44. The molecule has 0 aliphatic rings. The zero-order valence-electron chi connectivity index (χ0n) is 9.15. The lowest BCUT2D eigenvalue weighted by molar-refractivity contribution is -0.000102. The molecule has 86 valence electrons. The number of unbranched alkanes of at least 4 members (excludes halogenated alkanes) is 4. The highest BCUT2D eigenvalue weighted by Gasteiger charge is 2.14. The molecule has 3 N–H and O–H groups in total. The number of hydrogen-bond acceptors (Lipinski definition) is 3. The highest BCUT2D eigenvalue weighted by molar-refractivity contribution is 4.66. The molecule has 3 nitrogen and oxygen atoms in total. The molecule has 2 atom stereocenters. The normalized spacial score (nSPS) is 15.4. The van der Waals surface area contributed by atoms with Crippen molar-refractivity contribution in [2.45, 2.75) is 64.1 Å². The molecule has 0 aliphatic heterocycles. The summed E-state index contributed by atoms with van der Waals surface area (Å²) in [5.41, 5.74) is 0. The molecule has 0 radical (unpaired) electrons. The molecule has 0 saturated heterocycles. The quantitative estimate of drug-likeness (QED) is 0.498. The summed E-state index contributed by atoms with van der Waals surface area (Å²) in [5, 5.41) is 27.3. The van der Waals surface area contributed by atoms with Gasteiger partial charge in [0.15, 0.2) is 0 Å². The highest BCUT2D eigenvalue weighted by atomic mass is 16.3. The average Bonchev–Trinajstić information content (AvgIpc) is 2.17. The van der Waals surface area contributed by atoms with E-state index >= 15 is 0 Å². The zero-order chi connectivity index (χ0) is 10.8. The molecule has 0 aromatic heterocycles. The number of aliphatic hydroxyl groups is 3. The molecule has 2 unspecified atom stereocenters. The first-order valence-corrected chi connectivity index (χ1v) is 5.69. The van der Waals surface area contributed by atoms with Gasteiger partial charge in [-0.15, -0.1) is 0 Å². The predicted octanol–water partition coefficient (Wildman–Crippen LogP) is 1.45. The molecule has 0 bridgehead atoms. The molecule has 3 heteroatoms. The second-order valence-corrected chi connectivity index (χ2v) is 3.85. The molecule has 0 aromatic carbocycles. The van der Waals surface area contributed by atoms with E-state index in [0.717, 1.165) is 12.8 Å². The van der Waals surface area contributed by atoms with Crippen LogP contribution in [0.15, 0.2) is 0 Å². The van der Waals surface area contributed by atoms with E-state index in [1.165, 1.54) is 19.3 Å². The van der Waals surface area contributed by atoms with Crippen molar-refractivity contribution in [3.63, 3.8) is 0 Å². The Morgan fingerprint density at radius 2 is 1.43 bits per heavy atom. The van der Waals surface area contributed by atoms with Crippen molar-refractivity contribution in [1.82, 2.24) is 0 Å². The largest absolute Gasteiger partial charge is 0.396 e. The summed E-state index contributed by atoms with van der Waals surface area (Å²) in [6, 6.07) is 0. The van der Waals surface area contributed by atoms with E-state index in [2.05, 4.69) is 6.92 Å². The summed E-state index contributed by atoms with van der Waals surface area (Å²) in [5.74, 6) is 0.